The highest BCUT2D eigenvalue weighted by Crippen LogP contribution is 2.40. The van der Waals surface area contributed by atoms with Crippen LogP contribution in [0.3, 0.4) is 0 Å². The molecule has 3 fully saturated rings. The minimum atomic E-state index is 0.00706. The van der Waals surface area contributed by atoms with Gasteiger partial charge in [-0.05, 0) is 95.2 Å². The summed E-state index contributed by atoms with van der Waals surface area (Å²) in [5.41, 5.74) is 5.18. The molecule has 1 saturated carbocycles. The highest BCUT2D eigenvalue weighted by molar-refractivity contribution is 5.79. The van der Waals surface area contributed by atoms with Gasteiger partial charge in [0.25, 0.3) is 0 Å². The quantitative estimate of drug-likeness (QED) is 0.350. The summed E-state index contributed by atoms with van der Waals surface area (Å²) in [5, 5.41) is 0. The summed E-state index contributed by atoms with van der Waals surface area (Å²) >= 11 is 0. The molecule has 2 aromatic carbocycles. The summed E-state index contributed by atoms with van der Waals surface area (Å²) in [6.07, 6.45) is 10.9. The van der Waals surface area contributed by atoms with Gasteiger partial charge in [0.2, 0.25) is 5.91 Å². The number of carbonyl (C=O) groups excluding carboxylic acids is 1. The number of ether oxygens (including phenoxy) is 1. The van der Waals surface area contributed by atoms with E-state index in [1.165, 1.54) is 75.0 Å². The van der Waals surface area contributed by atoms with Crippen molar-refractivity contribution in [1.29, 1.82) is 0 Å². The van der Waals surface area contributed by atoms with Crippen LogP contribution in [-0.2, 0) is 16.6 Å². The molecule has 0 N–H and O–H groups in total. The van der Waals surface area contributed by atoms with Crippen LogP contribution >= 0.6 is 0 Å². The monoisotopic (exact) mass is 559 g/mol. The minimum absolute atomic E-state index is 0.00706. The van der Waals surface area contributed by atoms with Crippen LogP contribution in [-0.4, -0.2) is 78.6 Å². The smallest absolute Gasteiger partial charge is 0.227 e. The van der Waals surface area contributed by atoms with E-state index in [2.05, 4.69) is 52.8 Å². The molecule has 3 aliphatic rings. The van der Waals surface area contributed by atoms with Gasteiger partial charge in [0.05, 0.1) is 12.5 Å². The van der Waals surface area contributed by atoms with E-state index in [0.29, 0.717) is 6.42 Å². The van der Waals surface area contributed by atoms with Crippen molar-refractivity contribution in [3.63, 3.8) is 0 Å². The Balaban J connectivity index is 1.27. The molecule has 41 heavy (non-hydrogen) atoms. The summed E-state index contributed by atoms with van der Waals surface area (Å²) in [4.78, 5) is 21.4. The molecule has 224 valence electrons. The molecule has 2 aromatic rings. The summed E-state index contributed by atoms with van der Waals surface area (Å²) in [6, 6.07) is 15.8. The SMILES string of the molecule is Cc1ccc(C)c([C@@]2(CCN3CCN(C4CCCCC4)CC3)CCCN(C(=O)Cc3cccc(OC(C)C)c3)C2)c1. The maximum Gasteiger partial charge on any atom is 0.227 e. The average molecular weight is 560 g/mol. The zero-order valence-corrected chi connectivity index (χ0v) is 26.2. The fourth-order valence-corrected chi connectivity index (χ4v) is 7.67. The lowest BCUT2D eigenvalue weighted by atomic mass is 9.69. The van der Waals surface area contributed by atoms with Crippen molar-refractivity contribution in [3.05, 3.63) is 64.7 Å². The molecule has 0 spiro atoms. The van der Waals surface area contributed by atoms with Gasteiger partial charge in [0.15, 0.2) is 0 Å². The molecule has 5 rings (SSSR count). The van der Waals surface area contributed by atoms with Gasteiger partial charge in [-0.3, -0.25) is 9.69 Å². The van der Waals surface area contributed by atoms with Crippen molar-refractivity contribution in [2.45, 2.75) is 103 Å². The van der Waals surface area contributed by atoms with Crippen LogP contribution in [0.5, 0.6) is 5.75 Å². The van der Waals surface area contributed by atoms with Gasteiger partial charge in [0, 0.05) is 50.7 Å². The normalized spacial score (nSPS) is 23.2. The Morgan fingerprint density at radius 2 is 1.73 bits per heavy atom. The maximum absolute atomic E-state index is 13.7. The zero-order chi connectivity index (χ0) is 28.8. The van der Waals surface area contributed by atoms with Crippen molar-refractivity contribution in [3.8, 4) is 5.75 Å². The minimum Gasteiger partial charge on any atom is -0.491 e. The molecule has 5 nitrogen and oxygen atoms in total. The Hall–Kier alpha value is -2.37. The largest absolute Gasteiger partial charge is 0.491 e. The second-order valence-corrected chi connectivity index (χ2v) is 13.4. The van der Waals surface area contributed by atoms with Crippen LogP contribution in [0, 0.1) is 13.8 Å². The molecule has 2 aliphatic heterocycles. The van der Waals surface area contributed by atoms with E-state index in [1.807, 2.05) is 32.0 Å². The van der Waals surface area contributed by atoms with Crippen LogP contribution in [0.15, 0.2) is 42.5 Å². The zero-order valence-electron chi connectivity index (χ0n) is 26.2. The predicted octanol–water partition coefficient (Wildman–Crippen LogP) is 6.53. The Bertz CT molecular complexity index is 1150. The van der Waals surface area contributed by atoms with Crippen molar-refractivity contribution >= 4 is 5.91 Å². The molecule has 1 atom stereocenters. The molecule has 2 heterocycles. The topological polar surface area (TPSA) is 36.0 Å². The second-order valence-electron chi connectivity index (χ2n) is 13.4. The molecule has 2 saturated heterocycles. The number of hydrogen-bond donors (Lipinski definition) is 0. The highest BCUT2D eigenvalue weighted by atomic mass is 16.5. The van der Waals surface area contributed by atoms with E-state index in [9.17, 15) is 4.79 Å². The first-order valence-corrected chi connectivity index (χ1v) is 16.4. The van der Waals surface area contributed by atoms with E-state index >= 15 is 0 Å². The van der Waals surface area contributed by atoms with Gasteiger partial charge >= 0.3 is 0 Å². The number of hydrogen-bond acceptors (Lipinski definition) is 4. The number of nitrogens with zero attached hydrogens (tertiary/aromatic N) is 3. The Labute approximate surface area is 249 Å². The van der Waals surface area contributed by atoms with E-state index in [-0.39, 0.29) is 17.4 Å². The summed E-state index contributed by atoms with van der Waals surface area (Å²) in [5.74, 6) is 1.08. The maximum atomic E-state index is 13.7. The van der Waals surface area contributed by atoms with Gasteiger partial charge in [-0.25, -0.2) is 0 Å². The molecule has 5 heteroatoms. The van der Waals surface area contributed by atoms with Gasteiger partial charge < -0.3 is 14.5 Å². The highest BCUT2D eigenvalue weighted by Gasteiger charge is 2.40. The molecule has 0 radical (unpaired) electrons. The third-order valence-corrected chi connectivity index (χ3v) is 9.92. The Morgan fingerprint density at radius 3 is 2.49 bits per heavy atom. The molecule has 1 aliphatic carbocycles. The molecular formula is C36H53N3O2. The lowest BCUT2D eigenvalue weighted by Crippen LogP contribution is -2.53. The van der Waals surface area contributed by atoms with Gasteiger partial charge in [-0.2, -0.15) is 0 Å². The van der Waals surface area contributed by atoms with Crippen LogP contribution in [0.2, 0.25) is 0 Å². The standard InChI is InChI=1S/C36H53N3O2/c1-28(2)41-33-13-8-10-31(25-33)26-35(40)39-18-9-16-36(27-39,34-24-29(3)14-15-30(34)4)17-19-37-20-22-38(23-21-37)32-11-6-5-7-12-32/h8,10,13-15,24-25,28,32H,5-7,9,11-12,16-23,26-27H2,1-4H3/t36-/m1/s1. The molecule has 0 bridgehead atoms. The predicted molar refractivity (Wildman–Crippen MR) is 169 cm³/mol. The second kappa shape index (κ2) is 13.7. The number of amides is 1. The summed E-state index contributed by atoms with van der Waals surface area (Å²) < 4.78 is 5.90. The van der Waals surface area contributed by atoms with E-state index in [0.717, 1.165) is 56.3 Å². The molecule has 0 aromatic heterocycles. The van der Waals surface area contributed by atoms with Crippen LogP contribution < -0.4 is 4.74 Å². The number of rotatable bonds is 9. The van der Waals surface area contributed by atoms with Crippen LogP contribution in [0.25, 0.3) is 0 Å². The van der Waals surface area contributed by atoms with Crippen LogP contribution in [0.1, 0.15) is 87.5 Å². The van der Waals surface area contributed by atoms with Crippen molar-refractivity contribution in [1.82, 2.24) is 14.7 Å². The van der Waals surface area contributed by atoms with Gasteiger partial charge in [-0.1, -0.05) is 55.2 Å². The lowest BCUT2D eigenvalue weighted by molar-refractivity contribution is -0.132. The van der Waals surface area contributed by atoms with Crippen molar-refractivity contribution < 1.29 is 9.53 Å². The van der Waals surface area contributed by atoms with Gasteiger partial charge in [-0.15, -0.1) is 0 Å². The third kappa shape index (κ3) is 7.73. The average Bonchev–Trinajstić information content (AvgIpc) is 2.98. The molecule has 0 unspecified atom stereocenters. The van der Waals surface area contributed by atoms with E-state index in [1.54, 1.807) is 0 Å². The first-order valence-electron chi connectivity index (χ1n) is 16.4. The Kier molecular flexibility index (Phi) is 10.1. The fraction of sp³-hybridized carbons (Fsp3) is 0.639. The summed E-state index contributed by atoms with van der Waals surface area (Å²) in [7, 11) is 0. The lowest BCUT2D eigenvalue weighted by Gasteiger charge is -2.46. The first-order chi connectivity index (χ1) is 19.8. The van der Waals surface area contributed by atoms with Crippen molar-refractivity contribution in [2.24, 2.45) is 0 Å². The molecule has 1 amide bonds. The van der Waals surface area contributed by atoms with Crippen molar-refractivity contribution in [2.75, 3.05) is 45.8 Å². The van der Waals surface area contributed by atoms with E-state index in [4.69, 9.17) is 4.74 Å². The first kappa shape index (κ1) is 30.1. The number of piperazine rings is 1. The summed E-state index contributed by atoms with van der Waals surface area (Å²) in [6.45, 7) is 16.1. The number of aryl methyl sites for hydroxylation is 2. The van der Waals surface area contributed by atoms with E-state index < -0.39 is 0 Å². The fourth-order valence-electron chi connectivity index (χ4n) is 7.67. The Morgan fingerprint density at radius 1 is 0.951 bits per heavy atom. The molecular weight excluding hydrogens is 506 g/mol. The third-order valence-electron chi connectivity index (χ3n) is 9.92. The number of benzene rings is 2. The van der Waals surface area contributed by atoms with Gasteiger partial charge in [0.1, 0.15) is 5.75 Å². The van der Waals surface area contributed by atoms with Crippen LogP contribution in [0.4, 0.5) is 0 Å². The number of piperidine rings is 1. The number of carbonyl (C=O) groups is 1. The number of likely N-dealkylation sites (tertiary alicyclic amines) is 1.